The molecule has 0 radical (unpaired) electrons. The minimum absolute atomic E-state index is 0.229. The molecule has 3 rings (SSSR count). The minimum atomic E-state index is 0.229. The average molecular weight is 372 g/mol. The summed E-state index contributed by atoms with van der Waals surface area (Å²) in [7, 11) is 2.04. The quantitative estimate of drug-likeness (QED) is 0.465. The van der Waals surface area contributed by atoms with Crippen LogP contribution in [0, 0.1) is 0 Å². The lowest BCUT2D eigenvalue weighted by molar-refractivity contribution is -0.108. The summed E-state index contributed by atoms with van der Waals surface area (Å²) >= 11 is 0. The molecule has 0 bridgehead atoms. The van der Waals surface area contributed by atoms with Crippen LogP contribution >= 0.6 is 0 Å². The molecule has 1 saturated heterocycles. The van der Waals surface area contributed by atoms with Crippen LogP contribution in [0.2, 0.25) is 0 Å². The second kappa shape index (κ2) is 8.85. The SMILES string of the molecule is CC1=C(/N=C(\NC=O)N2CCN(Cc3ncccc3O)CC2)N(C)CCC1. The largest absolute Gasteiger partial charge is 0.506 e. The summed E-state index contributed by atoms with van der Waals surface area (Å²) in [6.45, 7) is 6.82. The number of rotatable bonds is 4. The number of piperazine rings is 1. The first-order valence-corrected chi connectivity index (χ1v) is 9.38. The van der Waals surface area contributed by atoms with Crippen molar-refractivity contribution in [3.8, 4) is 5.75 Å². The van der Waals surface area contributed by atoms with E-state index in [2.05, 4.69) is 31.9 Å². The van der Waals surface area contributed by atoms with Crippen molar-refractivity contribution in [3.05, 3.63) is 35.4 Å². The molecule has 1 fully saturated rings. The Labute approximate surface area is 160 Å². The Morgan fingerprint density at radius 1 is 1.33 bits per heavy atom. The zero-order valence-corrected chi connectivity index (χ0v) is 16.1. The molecule has 27 heavy (non-hydrogen) atoms. The number of amides is 1. The van der Waals surface area contributed by atoms with Gasteiger partial charge in [-0.05, 0) is 37.5 Å². The van der Waals surface area contributed by atoms with Crippen LogP contribution < -0.4 is 5.32 Å². The van der Waals surface area contributed by atoms with Crippen molar-refractivity contribution < 1.29 is 9.90 Å². The number of nitrogens with zero attached hydrogens (tertiary/aromatic N) is 5. The molecule has 8 heteroatoms. The van der Waals surface area contributed by atoms with E-state index >= 15 is 0 Å². The zero-order chi connectivity index (χ0) is 19.2. The van der Waals surface area contributed by atoms with Crippen LogP contribution in [0.5, 0.6) is 5.75 Å². The van der Waals surface area contributed by atoms with Crippen molar-refractivity contribution in [2.75, 3.05) is 39.8 Å². The first kappa shape index (κ1) is 19.2. The summed E-state index contributed by atoms with van der Waals surface area (Å²) in [4.78, 5) is 26.6. The lowest BCUT2D eigenvalue weighted by Gasteiger charge is -2.36. The first-order valence-electron chi connectivity index (χ1n) is 9.38. The Morgan fingerprint density at radius 3 is 2.78 bits per heavy atom. The molecule has 0 atom stereocenters. The monoisotopic (exact) mass is 372 g/mol. The topological polar surface area (TPSA) is 84.3 Å². The molecule has 2 aliphatic rings. The Bertz CT molecular complexity index is 725. The summed E-state index contributed by atoms with van der Waals surface area (Å²) < 4.78 is 0. The highest BCUT2D eigenvalue weighted by Gasteiger charge is 2.22. The standard InChI is InChI=1S/C19H28N6O2/c1-15-5-4-8-23(2)18(15)22-19(21-14-26)25-11-9-24(10-12-25)13-16-17(27)6-3-7-20-16/h3,6-7,14,27H,4-5,8-13H2,1-2H3,(H,21,22,26). The van der Waals surface area contributed by atoms with Crippen molar-refractivity contribution in [3.63, 3.8) is 0 Å². The lowest BCUT2D eigenvalue weighted by Crippen LogP contribution is -2.52. The van der Waals surface area contributed by atoms with E-state index in [0.29, 0.717) is 24.6 Å². The number of aromatic hydroxyl groups is 1. The molecule has 1 amide bonds. The summed E-state index contributed by atoms with van der Waals surface area (Å²) in [6, 6.07) is 3.39. The van der Waals surface area contributed by atoms with Gasteiger partial charge in [0.05, 0.1) is 5.69 Å². The number of carbonyl (C=O) groups is 1. The van der Waals surface area contributed by atoms with E-state index in [9.17, 15) is 9.90 Å². The predicted octanol–water partition coefficient (Wildman–Crippen LogP) is 0.964. The van der Waals surface area contributed by atoms with Gasteiger partial charge < -0.3 is 14.9 Å². The van der Waals surface area contributed by atoms with E-state index in [1.165, 1.54) is 5.57 Å². The third-order valence-electron chi connectivity index (χ3n) is 5.10. The van der Waals surface area contributed by atoms with Crippen LogP contribution in [-0.4, -0.2) is 76.9 Å². The number of aliphatic imine (C=N–C) groups is 1. The highest BCUT2D eigenvalue weighted by Crippen LogP contribution is 2.22. The van der Waals surface area contributed by atoms with E-state index in [-0.39, 0.29) is 5.75 Å². The summed E-state index contributed by atoms with van der Waals surface area (Å²) in [6.07, 6.45) is 4.56. The Hall–Kier alpha value is -2.61. The first-order chi connectivity index (χ1) is 13.1. The Kier molecular flexibility index (Phi) is 6.28. The molecule has 8 nitrogen and oxygen atoms in total. The molecular formula is C19H28N6O2. The molecule has 2 N–H and O–H groups in total. The highest BCUT2D eigenvalue weighted by atomic mass is 16.3. The number of nitrogens with one attached hydrogen (secondary N) is 1. The third-order valence-corrected chi connectivity index (χ3v) is 5.10. The predicted molar refractivity (Wildman–Crippen MR) is 104 cm³/mol. The number of hydrogen-bond donors (Lipinski definition) is 2. The van der Waals surface area contributed by atoms with Gasteiger partial charge in [-0.15, -0.1) is 0 Å². The molecule has 2 aliphatic heterocycles. The maximum Gasteiger partial charge on any atom is 0.213 e. The molecule has 1 aromatic rings. The molecule has 0 unspecified atom stereocenters. The molecule has 0 aliphatic carbocycles. The van der Waals surface area contributed by atoms with Crippen molar-refractivity contribution in [1.82, 2.24) is 25.0 Å². The Morgan fingerprint density at radius 2 is 2.11 bits per heavy atom. The van der Waals surface area contributed by atoms with Gasteiger partial charge in [0.25, 0.3) is 0 Å². The molecular weight excluding hydrogens is 344 g/mol. The van der Waals surface area contributed by atoms with Crippen LogP contribution in [0.25, 0.3) is 0 Å². The van der Waals surface area contributed by atoms with Crippen molar-refractivity contribution in [2.45, 2.75) is 26.3 Å². The molecule has 146 valence electrons. The maximum absolute atomic E-state index is 11.1. The molecule has 1 aromatic heterocycles. The smallest absolute Gasteiger partial charge is 0.213 e. The number of hydrogen-bond acceptors (Lipinski definition) is 6. The van der Waals surface area contributed by atoms with E-state index in [4.69, 9.17) is 4.99 Å². The van der Waals surface area contributed by atoms with Crippen LogP contribution in [0.1, 0.15) is 25.5 Å². The summed E-state index contributed by atoms with van der Waals surface area (Å²) in [5, 5.41) is 12.7. The van der Waals surface area contributed by atoms with Gasteiger partial charge in [-0.25, -0.2) is 0 Å². The fourth-order valence-corrected chi connectivity index (χ4v) is 3.53. The lowest BCUT2D eigenvalue weighted by atomic mass is 10.1. The maximum atomic E-state index is 11.1. The second-order valence-corrected chi connectivity index (χ2v) is 7.06. The minimum Gasteiger partial charge on any atom is -0.506 e. The van der Waals surface area contributed by atoms with Crippen molar-refractivity contribution in [1.29, 1.82) is 0 Å². The van der Waals surface area contributed by atoms with Crippen molar-refractivity contribution >= 4 is 12.4 Å². The number of pyridine rings is 1. The van der Waals surface area contributed by atoms with E-state index < -0.39 is 0 Å². The van der Waals surface area contributed by atoms with Crippen LogP contribution in [0.3, 0.4) is 0 Å². The average Bonchev–Trinajstić information content (AvgIpc) is 2.66. The summed E-state index contributed by atoms with van der Waals surface area (Å²) in [5.74, 6) is 1.78. The molecule has 0 spiro atoms. The van der Waals surface area contributed by atoms with E-state index in [1.54, 1.807) is 18.3 Å². The van der Waals surface area contributed by atoms with Crippen LogP contribution in [0.15, 0.2) is 34.7 Å². The van der Waals surface area contributed by atoms with E-state index in [0.717, 1.165) is 51.4 Å². The van der Waals surface area contributed by atoms with Gasteiger partial charge in [0.1, 0.15) is 11.6 Å². The second-order valence-electron chi connectivity index (χ2n) is 7.06. The fraction of sp³-hybridized carbons (Fsp3) is 0.526. The van der Waals surface area contributed by atoms with Gasteiger partial charge in [0, 0.05) is 52.5 Å². The number of carbonyl (C=O) groups excluding carboxylic acids is 1. The van der Waals surface area contributed by atoms with Crippen LogP contribution in [0.4, 0.5) is 0 Å². The number of guanidine groups is 1. The van der Waals surface area contributed by atoms with Gasteiger partial charge in [-0.3, -0.25) is 20.0 Å². The Balaban J connectivity index is 1.66. The zero-order valence-electron chi connectivity index (χ0n) is 16.1. The summed E-state index contributed by atoms with van der Waals surface area (Å²) in [5.41, 5.74) is 1.94. The third kappa shape index (κ3) is 4.77. The van der Waals surface area contributed by atoms with Gasteiger partial charge >= 0.3 is 0 Å². The number of aromatic nitrogens is 1. The van der Waals surface area contributed by atoms with E-state index in [1.807, 2.05) is 7.05 Å². The fourth-order valence-electron chi connectivity index (χ4n) is 3.53. The van der Waals surface area contributed by atoms with Gasteiger partial charge in [-0.1, -0.05) is 0 Å². The van der Waals surface area contributed by atoms with Gasteiger partial charge in [0.2, 0.25) is 12.4 Å². The normalized spacial score (nSPS) is 19.4. The van der Waals surface area contributed by atoms with Gasteiger partial charge in [-0.2, -0.15) is 4.99 Å². The van der Waals surface area contributed by atoms with Crippen LogP contribution in [-0.2, 0) is 11.3 Å². The highest BCUT2D eigenvalue weighted by molar-refractivity contribution is 5.89. The molecule has 0 aromatic carbocycles. The molecule has 0 saturated carbocycles. The number of allylic oxidation sites excluding steroid dienone is 1. The van der Waals surface area contributed by atoms with Gasteiger partial charge in [0.15, 0.2) is 0 Å². The van der Waals surface area contributed by atoms with Crippen molar-refractivity contribution in [2.24, 2.45) is 4.99 Å². The molecule has 3 heterocycles.